The van der Waals surface area contributed by atoms with Gasteiger partial charge in [-0.15, -0.1) is 0 Å². The van der Waals surface area contributed by atoms with Crippen LogP contribution < -0.4 is 5.32 Å². The van der Waals surface area contributed by atoms with Crippen molar-refractivity contribution in [2.24, 2.45) is 0 Å². The summed E-state index contributed by atoms with van der Waals surface area (Å²) < 4.78 is 89.6. The van der Waals surface area contributed by atoms with Gasteiger partial charge in [-0.3, -0.25) is 9.59 Å². The molecule has 0 aliphatic carbocycles. The fourth-order valence-corrected chi connectivity index (χ4v) is 2.26. The largest absolute Gasteiger partial charge is 0.416 e. The van der Waals surface area contributed by atoms with Crippen LogP contribution in [0.5, 0.6) is 0 Å². The first-order valence-corrected chi connectivity index (χ1v) is 7.74. The number of carbonyl (C=O) groups is 2. The van der Waals surface area contributed by atoms with Gasteiger partial charge in [0.05, 0.1) is 11.1 Å². The summed E-state index contributed by atoms with van der Waals surface area (Å²) in [6.07, 6.45) is -10.9. The highest BCUT2D eigenvalue weighted by molar-refractivity contribution is 6.00. The molecule has 0 radical (unpaired) electrons. The number of rotatable bonds is 5. The number of amides is 1. The third kappa shape index (κ3) is 5.80. The fourth-order valence-electron chi connectivity index (χ4n) is 2.26. The lowest BCUT2D eigenvalue weighted by molar-refractivity contribution is -0.143. The Morgan fingerprint density at radius 1 is 0.786 bits per heavy atom. The number of Topliss-reactive ketones (excluding diaryl/α,β-unsaturated/α-hetero) is 1. The molecule has 2 aromatic carbocycles. The van der Waals surface area contributed by atoms with Crippen molar-refractivity contribution < 1.29 is 40.3 Å². The van der Waals surface area contributed by atoms with E-state index in [2.05, 4.69) is 0 Å². The van der Waals surface area contributed by atoms with Gasteiger partial charge >= 0.3 is 12.4 Å². The summed E-state index contributed by atoms with van der Waals surface area (Å²) in [6, 6.07) is 5.14. The lowest BCUT2D eigenvalue weighted by Crippen LogP contribution is -2.16. The lowest BCUT2D eigenvalue weighted by Gasteiger charge is -2.14. The molecule has 0 aliphatic heterocycles. The van der Waals surface area contributed by atoms with Gasteiger partial charge in [-0.2, -0.15) is 26.3 Å². The second-order valence-electron chi connectivity index (χ2n) is 5.77. The second-order valence-corrected chi connectivity index (χ2v) is 5.77. The number of nitrogens with one attached hydrogen (secondary N) is 1. The Balaban J connectivity index is 2.10. The van der Waals surface area contributed by atoms with Gasteiger partial charge in [0, 0.05) is 24.1 Å². The second kappa shape index (κ2) is 7.99. The normalized spacial score (nSPS) is 12.0. The van der Waals surface area contributed by atoms with E-state index in [0.29, 0.717) is 12.1 Å². The van der Waals surface area contributed by atoms with Gasteiger partial charge in [-0.25, -0.2) is 4.39 Å². The van der Waals surface area contributed by atoms with E-state index in [9.17, 15) is 40.3 Å². The summed E-state index contributed by atoms with van der Waals surface area (Å²) in [5.74, 6) is -2.04. The van der Waals surface area contributed by atoms with Crippen molar-refractivity contribution in [3.05, 3.63) is 65.0 Å². The third-order valence-electron chi connectivity index (χ3n) is 3.62. The highest BCUT2D eigenvalue weighted by atomic mass is 19.4. The molecule has 2 rings (SSSR count). The molecule has 0 heterocycles. The molecule has 10 heteroatoms. The summed E-state index contributed by atoms with van der Waals surface area (Å²) in [7, 11) is 0. The molecule has 0 atom stereocenters. The number of halogens is 7. The van der Waals surface area contributed by atoms with Crippen LogP contribution in [0.1, 0.15) is 34.3 Å². The van der Waals surface area contributed by atoms with Crippen LogP contribution in [0.2, 0.25) is 0 Å². The van der Waals surface area contributed by atoms with Crippen molar-refractivity contribution in [3.63, 3.8) is 0 Å². The summed E-state index contributed by atoms with van der Waals surface area (Å²) in [4.78, 5) is 23.7. The number of ketones is 1. The Kier molecular flexibility index (Phi) is 6.10. The fraction of sp³-hybridized carbons (Fsp3) is 0.222. The average Bonchev–Trinajstić information content (AvgIpc) is 2.58. The number of anilines is 1. The Labute approximate surface area is 154 Å². The van der Waals surface area contributed by atoms with Crippen molar-refractivity contribution in [3.8, 4) is 0 Å². The van der Waals surface area contributed by atoms with E-state index in [-0.39, 0.29) is 18.1 Å². The highest BCUT2D eigenvalue weighted by Crippen LogP contribution is 2.37. The summed E-state index contributed by atoms with van der Waals surface area (Å²) in [5, 5.41) is 1.93. The minimum Gasteiger partial charge on any atom is -0.326 e. The van der Waals surface area contributed by atoms with E-state index >= 15 is 0 Å². The molecule has 0 saturated carbocycles. The Morgan fingerprint density at radius 2 is 1.29 bits per heavy atom. The summed E-state index contributed by atoms with van der Waals surface area (Å²) >= 11 is 0. The highest BCUT2D eigenvalue weighted by Gasteiger charge is 2.37. The zero-order chi connectivity index (χ0) is 21.1. The van der Waals surface area contributed by atoms with Gasteiger partial charge in [0.1, 0.15) is 5.82 Å². The van der Waals surface area contributed by atoms with Crippen molar-refractivity contribution in [1.82, 2.24) is 0 Å². The maximum Gasteiger partial charge on any atom is 0.416 e. The van der Waals surface area contributed by atoms with Crippen LogP contribution in [0.15, 0.2) is 42.5 Å². The van der Waals surface area contributed by atoms with Crippen molar-refractivity contribution >= 4 is 17.4 Å². The van der Waals surface area contributed by atoms with Crippen LogP contribution in [0.3, 0.4) is 0 Å². The lowest BCUT2D eigenvalue weighted by atomic mass is 10.1. The first-order chi connectivity index (χ1) is 12.9. The first-order valence-electron chi connectivity index (χ1n) is 7.74. The monoisotopic (exact) mass is 407 g/mol. The SMILES string of the molecule is O=C(CCC(=O)c1ccc(F)cc1)Nc1cc(C(F)(F)F)cc(C(F)(F)F)c1. The van der Waals surface area contributed by atoms with Crippen molar-refractivity contribution in [2.75, 3.05) is 5.32 Å². The maximum atomic E-state index is 12.8. The molecule has 28 heavy (non-hydrogen) atoms. The number of carbonyl (C=O) groups excluding carboxylic acids is 2. The van der Waals surface area contributed by atoms with E-state index in [0.717, 1.165) is 12.1 Å². The van der Waals surface area contributed by atoms with Crippen LogP contribution in [-0.4, -0.2) is 11.7 Å². The topological polar surface area (TPSA) is 46.2 Å². The molecular weight excluding hydrogens is 395 g/mol. The molecule has 0 aromatic heterocycles. The molecule has 0 fully saturated rings. The number of alkyl halides is 6. The van der Waals surface area contributed by atoms with Crippen LogP contribution in [0.4, 0.5) is 36.4 Å². The minimum absolute atomic E-state index is 0.0618. The van der Waals surface area contributed by atoms with Gasteiger partial charge in [0.15, 0.2) is 5.78 Å². The smallest absolute Gasteiger partial charge is 0.326 e. The van der Waals surface area contributed by atoms with E-state index in [4.69, 9.17) is 0 Å². The molecule has 2 aromatic rings. The van der Waals surface area contributed by atoms with Gasteiger partial charge in [0.25, 0.3) is 0 Å². The molecule has 0 bridgehead atoms. The Hall–Kier alpha value is -2.91. The quantitative estimate of drug-likeness (QED) is 0.528. The first kappa shape index (κ1) is 21.4. The van der Waals surface area contributed by atoms with Crippen LogP contribution in [0.25, 0.3) is 0 Å². The molecular formula is C18H12F7NO2. The van der Waals surface area contributed by atoms with E-state index in [1.807, 2.05) is 5.32 Å². The van der Waals surface area contributed by atoms with Gasteiger partial charge < -0.3 is 5.32 Å². The molecule has 0 unspecified atom stereocenters. The summed E-state index contributed by atoms with van der Waals surface area (Å²) in [5.41, 5.74) is -3.71. The molecule has 0 aliphatic rings. The van der Waals surface area contributed by atoms with Gasteiger partial charge in [0.2, 0.25) is 5.91 Å². The van der Waals surface area contributed by atoms with E-state index < -0.39 is 53.1 Å². The van der Waals surface area contributed by atoms with Crippen molar-refractivity contribution in [2.45, 2.75) is 25.2 Å². The molecule has 3 nitrogen and oxygen atoms in total. The van der Waals surface area contributed by atoms with Crippen LogP contribution in [0, 0.1) is 5.82 Å². The third-order valence-corrected chi connectivity index (χ3v) is 3.62. The van der Waals surface area contributed by atoms with Crippen molar-refractivity contribution in [1.29, 1.82) is 0 Å². The molecule has 0 spiro atoms. The maximum absolute atomic E-state index is 12.8. The standard InChI is InChI=1S/C18H12F7NO2/c19-13-3-1-10(2-4-13)15(27)5-6-16(28)26-14-8-11(17(20,21)22)7-12(9-14)18(23,24)25/h1-4,7-9H,5-6H2,(H,26,28). The van der Waals surface area contributed by atoms with Crippen LogP contribution >= 0.6 is 0 Å². The molecule has 150 valence electrons. The van der Waals surface area contributed by atoms with E-state index in [1.165, 1.54) is 12.1 Å². The number of hydrogen-bond donors (Lipinski definition) is 1. The van der Waals surface area contributed by atoms with Gasteiger partial charge in [-0.05, 0) is 42.5 Å². The number of hydrogen-bond acceptors (Lipinski definition) is 2. The molecule has 1 amide bonds. The predicted molar refractivity (Wildman–Crippen MR) is 85.0 cm³/mol. The predicted octanol–water partition coefficient (Wildman–Crippen LogP) is 5.46. The molecule has 0 saturated heterocycles. The van der Waals surface area contributed by atoms with Gasteiger partial charge in [-0.1, -0.05) is 0 Å². The minimum atomic E-state index is -5.04. The molecule has 1 N–H and O–H groups in total. The average molecular weight is 407 g/mol. The Bertz CT molecular complexity index is 839. The van der Waals surface area contributed by atoms with Crippen LogP contribution in [-0.2, 0) is 17.1 Å². The summed E-state index contributed by atoms with van der Waals surface area (Å²) in [6.45, 7) is 0. The zero-order valence-electron chi connectivity index (χ0n) is 13.9. The Morgan fingerprint density at radius 3 is 1.75 bits per heavy atom. The zero-order valence-corrected chi connectivity index (χ0v) is 13.9. The van der Waals surface area contributed by atoms with E-state index in [1.54, 1.807) is 0 Å². The number of benzene rings is 2.